The zero-order valence-corrected chi connectivity index (χ0v) is 13.9. The topological polar surface area (TPSA) is 75.9 Å². The van der Waals surface area contributed by atoms with Crippen LogP contribution in [0.4, 0.5) is 23.3 Å². The highest BCUT2D eigenvalue weighted by Crippen LogP contribution is 2.23. The molecule has 0 bridgehead atoms. The molecule has 0 aliphatic heterocycles. The summed E-state index contributed by atoms with van der Waals surface area (Å²) in [5.74, 6) is 0.595. The second kappa shape index (κ2) is 6.24. The van der Waals surface area contributed by atoms with Crippen LogP contribution in [0.3, 0.4) is 0 Å². The highest BCUT2D eigenvalue weighted by molar-refractivity contribution is 5.75. The van der Waals surface area contributed by atoms with Crippen LogP contribution in [-0.2, 0) is 0 Å². The number of nitrogens with zero attached hydrogens (tertiary/aromatic N) is 3. The second-order valence-corrected chi connectivity index (χ2v) is 5.79. The predicted octanol–water partition coefficient (Wildman–Crippen LogP) is 4.72. The van der Waals surface area contributed by atoms with Gasteiger partial charge >= 0.3 is 0 Å². The van der Waals surface area contributed by atoms with E-state index in [1.807, 2.05) is 68.4 Å². The Morgan fingerprint density at radius 3 is 2.08 bits per heavy atom. The van der Waals surface area contributed by atoms with Crippen molar-refractivity contribution in [1.29, 1.82) is 0 Å². The number of nitrogens with one attached hydrogen (secondary N) is 2. The predicted molar refractivity (Wildman–Crippen MR) is 98.5 cm³/mol. The molecule has 0 radical (unpaired) electrons. The number of oxazole rings is 1. The Morgan fingerprint density at radius 1 is 0.760 bits per heavy atom. The van der Waals surface area contributed by atoms with Crippen LogP contribution in [0.25, 0.3) is 11.1 Å². The van der Waals surface area contributed by atoms with E-state index >= 15 is 0 Å². The molecule has 2 aromatic carbocycles. The van der Waals surface area contributed by atoms with Gasteiger partial charge in [-0.15, -0.1) is 0 Å². The number of aryl methyl sites for hydroxylation is 2. The van der Waals surface area contributed by atoms with Gasteiger partial charge in [-0.2, -0.15) is 4.98 Å². The van der Waals surface area contributed by atoms with Crippen molar-refractivity contribution in [3.8, 4) is 0 Å². The lowest BCUT2D eigenvalue weighted by Gasteiger charge is -2.07. The van der Waals surface area contributed by atoms with Crippen molar-refractivity contribution < 1.29 is 4.42 Å². The van der Waals surface area contributed by atoms with Gasteiger partial charge in [0, 0.05) is 22.8 Å². The average molecular weight is 331 g/mol. The summed E-state index contributed by atoms with van der Waals surface area (Å²) in [4.78, 5) is 13.2. The van der Waals surface area contributed by atoms with Crippen LogP contribution in [0.15, 0.2) is 59.0 Å². The highest BCUT2D eigenvalue weighted by Gasteiger charge is 2.05. The van der Waals surface area contributed by atoms with Gasteiger partial charge in [0.25, 0.3) is 6.01 Å². The summed E-state index contributed by atoms with van der Waals surface area (Å²) >= 11 is 0. The maximum Gasteiger partial charge on any atom is 0.300 e. The van der Waals surface area contributed by atoms with Crippen molar-refractivity contribution in [2.75, 3.05) is 10.6 Å². The summed E-state index contributed by atoms with van der Waals surface area (Å²) in [7, 11) is 0. The first-order chi connectivity index (χ1) is 12.2. The number of anilines is 4. The summed E-state index contributed by atoms with van der Waals surface area (Å²) < 4.78 is 5.67. The van der Waals surface area contributed by atoms with Gasteiger partial charge in [0.15, 0.2) is 5.58 Å². The summed E-state index contributed by atoms with van der Waals surface area (Å²) in [5.41, 5.74) is 5.26. The Hall–Kier alpha value is -3.41. The van der Waals surface area contributed by atoms with Crippen LogP contribution >= 0.6 is 0 Å². The van der Waals surface area contributed by atoms with E-state index in [9.17, 15) is 0 Å². The lowest BCUT2D eigenvalue weighted by atomic mass is 10.3. The van der Waals surface area contributed by atoms with Crippen molar-refractivity contribution in [2.24, 2.45) is 0 Å². The molecule has 4 aromatic rings. The monoisotopic (exact) mass is 331 g/mol. The summed E-state index contributed by atoms with van der Waals surface area (Å²) in [6, 6.07) is 17.9. The molecule has 2 aromatic heterocycles. The van der Waals surface area contributed by atoms with E-state index in [0.29, 0.717) is 12.0 Å². The SMILES string of the molecule is Cc1cc(C)nc(Nc2ccc(Nc3nc4ccccc4o3)cc2)n1. The molecule has 25 heavy (non-hydrogen) atoms. The van der Waals surface area contributed by atoms with Crippen molar-refractivity contribution in [2.45, 2.75) is 13.8 Å². The van der Waals surface area contributed by atoms with Crippen molar-refractivity contribution in [3.05, 3.63) is 66.0 Å². The molecular formula is C19H17N5O. The number of para-hydroxylation sites is 2. The molecule has 0 saturated heterocycles. The lowest BCUT2D eigenvalue weighted by molar-refractivity contribution is 0.623. The standard InChI is InChI=1S/C19H17N5O/c1-12-11-13(2)21-18(20-12)22-14-7-9-15(10-8-14)23-19-24-16-5-3-4-6-17(16)25-19/h3-11H,1-2H3,(H,23,24)(H,20,21,22). The fourth-order valence-corrected chi connectivity index (χ4v) is 2.60. The molecule has 6 nitrogen and oxygen atoms in total. The quantitative estimate of drug-likeness (QED) is 0.563. The number of fused-ring (bicyclic) bond motifs is 1. The van der Waals surface area contributed by atoms with Gasteiger partial charge in [-0.05, 0) is 56.3 Å². The fourth-order valence-electron chi connectivity index (χ4n) is 2.60. The van der Waals surface area contributed by atoms with E-state index in [1.165, 1.54) is 0 Å². The minimum Gasteiger partial charge on any atom is -0.423 e. The van der Waals surface area contributed by atoms with Crippen molar-refractivity contribution in [1.82, 2.24) is 15.0 Å². The summed E-state index contributed by atoms with van der Waals surface area (Å²) in [6.45, 7) is 3.90. The highest BCUT2D eigenvalue weighted by atomic mass is 16.4. The molecule has 0 atom stereocenters. The van der Waals surface area contributed by atoms with Gasteiger partial charge in [0.05, 0.1) is 0 Å². The molecule has 6 heteroatoms. The van der Waals surface area contributed by atoms with Crippen LogP contribution in [0.5, 0.6) is 0 Å². The molecular weight excluding hydrogens is 314 g/mol. The molecule has 124 valence electrons. The van der Waals surface area contributed by atoms with E-state index < -0.39 is 0 Å². The molecule has 2 N–H and O–H groups in total. The molecule has 4 rings (SSSR count). The number of rotatable bonds is 4. The number of hydrogen-bond acceptors (Lipinski definition) is 6. The zero-order valence-electron chi connectivity index (χ0n) is 13.9. The fraction of sp³-hybridized carbons (Fsp3) is 0.105. The van der Waals surface area contributed by atoms with Gasteiger partial charge in [0.1, 0.15) is 5.52 Å². The van der Waals surface area contributed by atoms with E-state index in [4.69, 9.17) is 4.42 Å². The van der Waals surface area contributed by atoms with Crippen LogP contribution in [0.1, 0.15) is 11.4 Å². The Labute approximate surface area is 145 Å². The normalized spacial score (nSPS) is 10.8. The third-order valence-electron chi connectivity index (χ3n) is 3.67. The van der Waals surface area contributed by atoms with E-state index in [1.54, 1.807) is 0 Å². The Kier molecular flexibility index (Phi) is 3.78. The average Bonchev–Trinajstić information content (AvgIpc) is 2.98. The molecule has 0 saturated carbocycles. The molecule has 0 aliphatic carbocycles. The maximum atomic E-state index is 5.67. The van der Waals surface area contributed by atoms with Gasteiger partial charge in [-0.25, -0.2) is 9.97 Å². The molecule has 0 fully saturated rings. The Morgan fingerprint density at radius 2 is 1.40 bits per heavy atom. The zero-order chi connectivity index (χ0) is 17.2. The molecule has 0 unspecified atom stereocenters. The first-order valence-electron chi connectivity index (χ1n) is 7.98. The van der Waals surface area contributed by atoms with Crippen LogP contribution in [0, 0.1) is 13.8 Å². The first kappa shape index (κ1) is 15.1. The maximum absolute atomic E-state index is 5.67. The van der Waals surface area contributed by atoms with E-state index in [2.05, 4.69) is 25.6 Å². The Bertz CT molecular complexity index is 970. The Balaban J connectivity index is 1.49. The van der Waals surface area contributed by atoms with Gasteiger partial charge in [-0.3, -0.25) is 0 Å². The smallest absolute Gasteiger partial charge is 0.300 e. The van der Waals surface area contributed by atoms with Crippen LogP contribution in [-0.4, -0.2) is 15.0 Å². The summed E-state index contributed by atoms with van der Waals surface area (Å²) in [5, 5.41) is 6.37. The summed E-state index contributed by atoms with van der Waals surface area (Å²) in [6.07, 6.45) is 0. The minimum atomic E-state index is 0.472. The lowest BCUT2D eigenvalue weighted by Crippen LogP contribution is -2.00. The van der Waals surface area contributed by atoms with Crippen molar-refractivity contribution >= 4 is 34.4 Å². The largest absolute Gasteiger partial charge is 0.423 e. The molecule has 0 spiro atoms. The van der Waals surface area contributed by atoms with E-state index in [-0.39, 0.29) is 0 Å². The number of benzene rings is 2. The first-order valence-corrected chi connectivity index (χ1v) is 7.98. The van der Waals surface area contributed by atoms with Gasteiger partial charge in [-0.1, -0.05) is 12.1 Å². The number of aromatic nitrogens is 3. The molecule has 0 amide bonds. The third kappa shape index (κ3) is 3.42. The molecule has 2 heterocycles. The van der Waals surface area contributed by atoms with Crippen LogP contribution < -0.4 is 10.6 Å². The minimum absolute atomic E-state index is 0.472. The van der Waals surface area contributed by atoms with Gasteiger partial charge in [0.2, 0.25) is 5.95 Å². The van der Waals surface area contributed by atoms with E-state index in [0.717, 1.165) is 33.9 Å². The second-order valence-electron chi connectivity index (χ2n) is 5.79. The van der Waals surface area contributed by atoms with Gasteiger partial charge < -0.3 is 15.1 Å². The number of hydrogen-bond donors (Lipinski definition) is 2. The van der Waals surface area contributed by atoms with Crippen LogP contribution in [0.2, 0.25) is 0 Å². The molecule has 0 aliphatic rings. The van der Waals surface area contributed by atoms with Crippen molar-refractivity contribution in [3.63, 3.8) is 0 Å². The third-order valence-corrected chi connectivity index (χ3v) is 3.67.